The van der Waals surface area contributed by atoms with Gasteiger partial charge in [0.1, 0.15) is 5.82 Å². The highest BCUT2D eigenvalue weighted by Crippen LogP contribution is 2.35. The van der Waals surface area contributed by atoms with Crippen molar-refractivity contribution in [3.05, 3.63) is 48.3 Å². The van der Waals surface area contributed by atoms with Gasteiger partial charge in [-0.25, -0.2) is 0 Å². The van der Waals surface area contributed by atoms with Crippen LogP contribution in [0.4, 0.5) is 11.9 Å². The maximum atomic E-state index is 5.88. The molecular weight excluding hydrogens is 408 g/mol. The van der Waals surface area contributed by atoms with Crippen LogP contribution in [0.25, 0.3) is 11.4 Å². The van der Waals surface area contributed by atoms with Crippen LogP contribution in [0, 0.1) is 0 Å². The zero-order chi connectivity index (χ0) is 22.8. The van der Waals surface area contributed by atoms with Gasteiger partial charge < -0.3 is 10.6 Å². The molecule has 2 aromatic heterocycles. The molecule has 3 rings (SSSR count). The lowest BCUT2D eigenvalue weighted by Gasteiger charge is -2.19. The Morgan fingerprint density at radius 2 is 1.81 bits per heavy atom. The Labute approximate surface area is 188 Å². The van der Waals surface area contributed by atoms with Crippen molar-refractivity contribution in [2.45, 2.75) is 50.1 Å². The molecule has 0 saturated heterocycles. The number of allylic oxidation sites excluding steroid dienone is 1. The molecule has 0 saturated carbocycles. The summed E-state index contributed by atoms with van der Waals surface area (Å²) in [7, 11) is 3.74. The van der Waals surface area contributed by atoms with Crippen molar-refractivity contribution in [3.8, 4) is 11.4 Å². The SMILES string of the molecule is C=CCn1c(SC(C)c2nc(N)nc(N(C)C)n2)nnc1-c1ccc(C(C)(C)C)cc1. The summed E-state index contributed by atoms with van der Waals surface area (Å²) in [5.41, 5.74) is 8.27. The van der Waals surface area contributed by atoms with Gasteiger partial charge >= 0.3 is 0 Å². The van der Waals surface area contributed by atoms with Gasteiger partial charge in [0.15, 0.2) is 11.0 Å². The Kier molecular flexibility index (Phi) is 6.64. The van der Waals surface area contributed by atoms with Crippen LogP contribution in [0.2, 0.25) is 0 Å². The molecule has 3 aromatic rings. The monoisotopic (exact) mass is 438 g/mol. The molecule has 2 heterocycles. The number of rotatable bonds is 7. The average Bonchev–Trinajstić information content (AvgIpc) is 3.09. The smallest absolute Gasteiger partial charge is 0.229 e. The van der Waals surface area contributed by atoms with Gasteiger partial charge in [0.05, 0.1) is 5.25 Å². The lowest BCUT2D eigenvalue weighted by Crippen LogP contribution is -2.16. The first-order valence-corrected chi connectivity index (χ1v) is 11.0. The first-order valence-electron chi connectivity index (χ1n) is 10.1. The Hall–Kier alpha value is -2.94. The minimum atomic E-state index is -0.0899. The zero-order valence-corrected chi connectivity index (χ0v) is 19.8. The molecule has 1 unspecified atom stereocenters. The quantitative estimate of drug-likeness (QED) is 0.434. The van der Waals surface area contributed by atoms with Crippen LogP contribution in [0.3, 0.4) is 0 Å². The molecule has 0 amide bonds. The van der Waals surface area contributed by atoms with Crippen molar-refractivity contribution < 1.29 is 0 Å². The molecule has 0 bridgehead atoms. The summed E-state index contributed by atoms with van der Waals surface area (Å²) in [5, 5.41) is 9.59. The maximum Gasteiger partial charge on any atom is 0.229 e. The minimum absolute atomic E-state index is 0.0899. The fourth-order valence-electron chi connectivity index (χ4n) is 2.99. The molecule has 0 aliphatic heterocycles. The summed E-state index contributed by atoms with van der Waals surface area (Å²) in [6.07, 6.45) is 1.84. The van der Waals surface area contributed by atoms with Crippen molar-refractivity contribution >= 4 is 23.7 Å². The number of nitrogens with two attached hydrogens (primary N) is 1. The predicted octanol–water partition coefficient (Wildman–Crippen LogP) is 4.12. The summed E-state index contributed by atoms with van der Waals surface area (Å²) in [6, 6.07) is 8.48. The molecule has 1 atom stereocenters. The van der Waals surface area contributed by atoms with Crippen LogP contribution in [0.5, 0.6) is 0 Å². The summed E-state index contributed by atoms with van der Waals surface area (Å²) >= 11 is 1.53. The topological polar surface area (TPSA) is 98.6 Å². The fraction of sp³-hybridized carbons (Fsp3) is 0.409. The van der Waals surface area contributed by atoms with Gasteiger partial charge in [0.2, 0.25) is 11.9 Å². The van der Waals surface area contributed by atoms with E-state index >= 15 is 0 Å². The van der Waals surface area contributed by atoms with Gasteiger partial charge in [0.25, 0.3) is 0 Å². The van der Waals surface area contributed by atoms with Crippen LogP contribution >= 0.6 is 11.8 Å². The predicted molar refractivity (Wildman–Crippen MR) is 127 cm³/mol. The van der Waals surface area contributed by atoms with Crippen molar-refractivity contribution in [2.75, 3.05) is 24.7 Å². The van der Waals surface area contributed by atoms with Crippen LogP contribution < -0.4 is 10.6 Å². The number of nitrogens with zero attached hydrogens (tertiary/aromatic N) is 7. The third-order valence-corrected chi connectivity index (χ3v) is 5.82. The summed E-state index contributed by atoms with van der Waals surface area (Å²) < 4.78 is 2.05. The van der Waals surface area contributed by atoms with E-state index in [9.17, 15) is 0 Å². The Bertz CT molecular complexity index is 1050. The number of thioether (sulfide) groups is 1. The van der Waals surface area contributed by atoms with E-state index in [2.05, 4.69) is 81.3 Å². The van der Waals surface area contributed by atoms with Gasteiger partial charge in [0, 0.05) is 26.2 Å². The number of nitrogen functional groups attached to an aromatic ring is 1. The van der Waals surface area contributed by atoms with E-state index < -0.39 is 0 Å². The number of aromatic nitrogens is 6. The van der Waals surface area contributed by atoms with Crippen molar-refractivity contribution in [3.63, 3.8) is 0 Å². The number of hydrogen-bond donors (Lipinski definition) is 1. The minimum Gasteiger partial charge on any atom is -0.368 e. The molecule has 164 valence electrons. The molecule has 0 aliphatic rings. The van der Waals surface area contributed by atoms with Gasteiger partial charge in [-0.15, -0.1) is 16.8 Å². The Morgan fingerprint density at radius 1 is 1.13 bits per heavy atom. The number of anilines is 2. The Morgan fingerprint density at radius 3 is 2.39 bits per heavy atom. The molecule has 31 heavy (non-hydrogen) atoms. The highest BCUT2D eigenvalue weighted by molar-refractivity contribution is 7.99. The zero-order valence-electron chi connectivity index (χ0n) is 19.0. The normalized spacial score (nSPS) is 12.6. The highest BCUT2D eigenvalue weighted by atomic mass is 32.2. The Balaban J connectivity index is 1.91. The molecule has 0 fully saturated rings. The van der Waals surface area contributed by atoms with Gasteiger partial charge in [-0.05, 0) is 17.9 Å². The molecular formula is C22H30N8S. The average molecular weight is 439 g/mol. The molecule has 2 N–H and O–H groups in total. The lowest BCUT2D eigenvalue weighted by atomic mass is 9.87. The van der Waals surface area contributed by atoms with Crippen LogP contribution in [-0.2, 0) is 12.0 Å². The third kappa shape index (κ3) is 5.22. The number of hydrogen-bond acceptors (Lipinski definition) is 8. The molecule has 0 aliphatic carbocycles. The molecule has 1 aromatic carbocycles. The summed E-state index contributed by atoms with van der Waals surface area (Å²) in [5.74, 6) is 2.14. The van der Waals surface area contributed by atoms with Gasteiger partial charge in [-0.1, -0.05) is 62.9 Å². The van der Waals surface area contributed by atoms with E-state index in [0.717, 1.165) is 16.5 Å². The first kappa shape index (κ1) is 22.7. The molecule has 8 nitrogen and oxygen atoms in total. The molecule has 0 radical (unpaired) electrons. The maximum absolute atomic E-state index is 5.88. The van der Waals surface area contributed by atoms with E-state index in [1.807, 2.05) is 27.1 Å². The molecule has 0 spiro atoms. The van der Waals surface area contributed by atoms with Crippen molar-refractivity contribution in [1.29, 1.82) is 0 Å². The largest absolute Gasteiger partial charge is 0.368 e. The second-order valence-electron chi connectivity index (χ2n) is 8.54. The number of benzene rings is 1. The van der Waals surface area contributed by atoms with E-state index in [-0.39, 0.29) is 16.6 Å². The third-order valence-electron chi connectivity index (χ3n) is 4.74. The van der Waals surface area contributed by atoms with E-state index in [1.54, 1.807) is 4.90 Å². The van der Waals surface area contributed by atoms with Crippen molar-refractivity contribution in [2.24, 2.45) is 0 Å². The second-order valence-corrected chi connectivity index (χ2v) is 9.85. The highest BCUT2D eigenvalue weighted by Gasteiger charge is 2.21. The van der Waals surface area contributed by atoms with Gasteiger partial charge in [-0.3, -0.25) is 4.57 Å². The summed E-state index contributed by atoms with van der Waals surface area (Å²) in [4.78, 5) is 14.8. The van der Waals surface area contributed by atoms with Crippen molar-refractivity contribution in [1.82, 2.24) is 29.7 Å². The van der Waals surface area contributed by atoms with Crippen LogP contribution in [0.1, 0.15) is 44.3 Å². The van der Waals surface area contributed by atoms with E-state index in [0.29, 0.717) is 18.3 Å². The van der Waals surface area contributed by atoms with Gasteiger partial charge in [-0.2, -0.15) is 15.0 Å². The van der Waals surface area contributed by atoms with E-state index in [4.69, 9.17) is 5.73 Å². The molecule has 9 heteroatoms. The standard InChI is InChI=1S/C22H30N8S/c1-8-13-30-18(15-9-11-16(12-10-15)22(3,4)5)27-28-21(30)31-14(2)17-24-19(23)26-20(25-17)29(6)7/h8-12,14H,1,13H2,2-7H3,(H2,23,24,25,26). The summed E-state index contributed by atoms with van der Waals surface area (Å²) in [6.45, 7) is 13.1. The van der Waals surface area contributed by atoms with Crippen LogP contribution in [-0.4, -0.2) is 43.8 Å². The van der Waals surface area contributed by atoms with E-state index in [1.165, 1.54) is 17.3 Å². The fourth-order valence-corrected chi connectivity index (χ4v) is 3.90. The second kappa shape index (κ2) is 9.05. The lowest BCUT2D eigenvalue weighted by molar-refractivity contribution is 0.590. The first-order chi connectivity index (χ1) is 14.6. The van der Waals surface area contributed by atoms with Crippen LogP contribution in [0.15, 0.2) is 42.1 Å².